The number of pyridine rings is 1. The molecule has 0 saturated carbocycles. The van der Waals surface area contributed by atoms with Gasteiger partial charge in [0, 0.05) is 17.0 Å². The van der Waals surface area contributed by atoms with Crippen molar-refractivity contribution < 1.29 is 35.3 Å². The number of carbonyl (C=O) groups is 1. The second-order valence-corrected chi connectivity index (χ2v) is 6.01. The molecule has 0 aliphatic heterocycles. The van der Waals surface area contributed by atoms with Gasteiger partial charge in [0.25, 0.3) is 4.83 Å². The number of thiazole rings is 1. The minimum absolute atomic E-state index is 0. The molecule has 24 heavy (non-hydrogen) atoms. The number of hydrogen-bond donors (Lipinski definition) is 0. The van der Waals surface area contributed by atoms with Crippen LogP contribution in [0.15, 0.2) is 58.5 Å². The second kappa shape index (κ2) is 6.75. The standard InChI is InChI=1S/C18H14NO3S.BrH/c1-2-21-18(20)15-8-13-9-17-19(10-16(13)22-15)14(11-23-17)12-6-4-3-5-7-12;/h3-11H,2H2,1H3;1H/q+1;/p-1. The first-order chi connectivity index (χ1) is 11.3. The highest BCUT2D eigenvalue weighted by molar-refractivity contribution is 7.15. The van der Waals surface area contributed by atoms with Gasteiger partial charge in [-0.15, -0.1) is 4.40 Å². The van der Waals surface area contributed by atoms with E-state index in [1.807, 2.05) is 30.5 Å². The summed E-state index contributed by atoms with van der Waals surface area (Å²) in [5.41, 5.74) is 2.91. The predicted octanol–water partition coefficient (Wildman–Crippen LogP) is 1.08. The maximum Gasteiger partial charge on any atom is 0.374 e. The van der Waals surface area contributed by atoms with E-state index in [-0.39, 0.29) is 22.7 Å². The van der Waals surface area contributed by atoms with E-state index >= 15 is 0 Å². The maximum absolute atomic E-state index is 11.8. The summed E-state index contributed by atoms with van der Waals surface area (Å²) in [7, 11) is 0. The lowest BCUT2D eigenvalue weighted by Crippen LogP contribution is -3.00. The molecule has 0 aliphatic rings. The topological polar surface area (TPSA) is 43.5 Å². The highest BCUT2D eigenvalue weighted by Gasteiger charge is 2.20. The zero-order valence-corrected chi connectivity index (χ0v) is 15.3. The molecule has 0 bridgehead atoms. The Morgan fingerprint density at radius 2 is 2.04 bits per heavy atom. The highest BCUT2D eigenvalue weighted by atomic mass is 79.9. The summed E-state index contributed by atoms with van der Waals surface area (Å²) in [5, 5.41) is 3.02. The Bertz CT molecular complexity index is 1010. The fourth-order valence-electron chi connectivity index (χ4n) is 2.59. The Hall–Kier alpha value is -2.18. The molecule has 0 aliphatic carbocycles. The molecule has 0 saturated heterocycles. The van der Waals surface area contributed by atoms with Gasteiger partial charge in [0.05, 0.1) is 12.0 Å². The molecular weight excluding hydrogens is 390 g/mol. The van der Waals surface area contributed by atoms with Crippen molar-refractivity contribution in [3.05, 3.63) is 59.8 Å². The number of rotatable bonds is 3. The molecule has 3 heterocycles. The van der Waals surface area contributed by atoms with Crippen LogP contribution in [0.25, 0.3) is 27.1 Å². The lowest BCUT2D eigenvalue weighted by Gasteiger charge is -1.95. The first kappa shape index (κ1) is 16.7. The number of ether oxygens (including phenoxy) is 1. The zero-order chi connectivity index (χ0) is 15.8. The average Bonchev–Trinajstić information content (AvgIpc) is 3.17. The monoisotopic (exact) mass is 403 g/mol. The number of esters is 1. The Morgan fingerprint density at radius 1 is 1.25 bits per heavy atom. The van der Waals surface area contributed by atoms with Gasteiger partial charge < -0.3 is 26.1 Å². The Kier molecular flexibility index (Phi) is 4.69. The summed E-state index contributed by atoms with van der Waals surface area (Å²) in [4.78, 5) is 12.9. The first-order valence-electron chi connectivity index (χ1n) is 7.35. The van der Waals surface area contributed by atoms with E-state index in [1.165, 1.54) is 0 Å². The van der Waals surface area contributed by atoms with E-state index in [2.05, 4.69) is 21.9 Å². The summed E-state index contributed by atoms with van der Waals surface area (Å²) in [6.45, 7) is 2.11. The number of hydrogen-bond acceptors (Lipinski definition) is 4. The van der Waals surface area contributed by atoms with Crippen LogP contribution in [-0.4, -0.2) is 12.6 Å². The van der Waals surface area contributed by atoms with Crippen LogP contribution >= 0.6 is 11.3 Å². The molecule has 4 rings (SSSR count). The van der Waals surface area contributed by atoms with E-state index in [1.54, 1.807) is 24.3 Å². The SMILES string of the molecule is CCOC(=O)c1cc2cc3scc(-c4ccccc4)[n+]3cc2o1.[Br-]. The fraction of sp³-hybridized carbons (Fsp3) is 0.111. The molecule has 4 aromatic rings. The zero-order valence-electron chi connectivity index (χ0n) is 12.9. The van der Waals surface area contributed by atoms with E-state index < -0.39 is 5.97 Å². The van der Waals surface area contributed by atoms with Gasteiger partial charge in [-0.05, 0) is 25.1 Å². The number of halogens is 1. The van der Waals surface area contributed by atoms with Crippen LogP contribution in [0.2, 0.25) is 0 Å². The number of carbonyl (C=O) groups excluding carboxylic acids is 1. The van der Waals surface area contributed by atoms with Crippen molar-refractivity contribution in [1.29, 1.82) is 0 Å². The van der Waals surface area contributed by atoms with Crippen LogP contribution in [0.5, 0.6) is 0 Å². The lowest BCUT2D eigenvalue weighted by atomic mass is 10.2. The van der Waals surface area contributed by atoms with Crippen LogP contribution in [-0.2, 0) is 4.74 Å². The van der Waals surface area contributed by atoms with Gasteiger partial charge in [-0.3, -0.25) is 0 Å². The molecule has 0 fully saturated rings. The molecule has 0 atom stereocenters. The fourth-order valence-corrected chi connectivity index (χ4v) is 3.53. The average molecular weight is 404 g/mol. The molecule has 3 aromatic heterocycles. The Morgan fingerprint density at radius 3 is 2.79 bits per heavy atom. The number of nitrogens with zero attached hydrogens (tertiary/aromatic N) is 1. The molecule has 0 spiro atoms. The molecule has 0 amide bonds. The van der Waals surface area contributed by atoms with E-state index in [4.69, 9.17) is 9.15 Å². The van der Waals surface area contributed by atoms with Crippen molar-refractivity contribution in [3.63, 3.8) is 0 Å². The van der Waals surface area contributed by atoms with Gasteiger partial charge in [0.1, 0.15) is 0 Å². The summed E-state index contributed by atoms with van der Waals surface area (Å²) < 4.78 is 12.7. The van der Waals surface area contributed by atoms with Gasteiger partial charge in [-0.25, -0.2) is 4.79 Å². The Balaban J connectivity index is 0.00000169. The van der Waals surface area contributed by atoms with Crippen molar-refractivity contribution >= 4 is 33.1 Å². The van der Waals surface area contributed by atoms with Gasteiger partial charge in [-0.2, -0.15) is 0 Å². The summed E-state index contributed by atoms with van der Waals surface area (Å²) in [5.74, 6) is -0.193. The van der Waals surface area contributed by atoms with E-state index in [9.17, 15) is 4.79 Å². The van der Waals surface area contributed by atoms with Gasteiger partial charge >= 0.3 is 5.97 Å². The van der Waals surface area contributed by atoms with Crippen LogP contribution in [0.1, 0.15) is 17.5 Å². The smallest absolute Gasteiger partial charge is 0.374 e. The molecule has 0 N–H and O–H groups in total. The minimum atomic E-state index is -0.430. The predicted molar refractivity (Wildman–Crippen MR) is 88.6 cm³/mol. The summed E-state index contributed by atoms with van der Waals surface area (Å²) >= 11 is 1.66. The van der Waals surface area contributed by atoms with E-state index in [0.717, 1.165) is 21.5 Å². The molecular formula is C18H14BrNO3S. The van der Waals surface area contributed by atoms with Crippen molar-refractivity contribution in [2.75, 3.05) is 6.61 Å². The third kappa shape index (κ3) is 2.83. The third-order valence-electron chi connectivity index (χ3n) is 3.65. The first-order valence-corrected chi connectivity index (χ1v) is 8.23. The number of fused-ring (bicyclic) bond motifs is 2. The van der Waals surface area contributed by atoms with Gasteiger partial charge in [0.2, 0.25) is 17.7 Å². The Labute approximate surface area is 153 Å². The molecule has 122 valence electrons. The van der Waals surface area contributed by atoms with E-state index in [0.29, 0.717) is 12.2 Å². The molecule has 6 heteroatoms. The summed E-state index contributed by atoms with van der Waals surface area (Å²) in [6.07, 6.45) is 1.92. The molecule has 1 aromatic carbocycles. The number of aromatic nitrogens is 1. The maximum atomic E-state index is 11.8. The van der Waals surface area contributed by atoms with Crippen LogP contribution in [0.3, 0.4) is 0 Å². The van der Waals surface area contributed by atoms with Gasteiger partial charge in [0.15, 0.2) is 5.58 Å². The number of benzene rings is 1. The van der Waals surface area contributed by atoms with Crippen LogP contribution < -0.4 is 21.4 Å². The second-order valence-electron chi connectivity index (χ2n) is 5.12. The van der Waals surface area contributed by atoms with Crippen molar-refractivity contribution in [1.82, 2.24) is 0 Å². The lowest BCUT2D eigenvalue weighted by molar-refractivity contribution is -0.493. The van der Waals surface area contributed by atoms with Crippen LogP contribution in [0.4, 0.5) is 0 Å². The molecule has 0 unspecified atom stereocenters. The third-order valence-corrected chi connectivity index (χ3v) is 4.55. The number of furan rings is 1. The van der Waals surface area contributed by atoms with Crippen molar-refractivity contribution in [3.8, 4) is 11.3 Å². The van der Waals surface area contributed by atoms with Gasteiger partial charge in [-0.1, -0.05) is 29.5 Å². The van der Waals surface area contributed by atoms with Crippen molar-refractivity contribution in [2.24, 2.45) is 0 Å². The van der Waals surface area contributed by atoms with Crippen molar-refractivity contribution in [2.45, 2.75) is 6.92 Å². The van der Waals surface area contributed by atoms with Crippen LogP contribution in [0, 0.1) is 0 Å². The quantitative estimate of drug-likeness (QED) is 0.379. The minimum Gasteiger partial charge on any atom is -1.00 e. The summed E-state index contributed by atoms with van der Waals surface area (Å²) in [6, 6.07) is 13.9. The largest absolute Gasteiger partial charge is 1.00 e. The highest BCUT2D eigenvalue weighted by Crippen LogP contribution is 2.25. The normalized spacial score (nSPS) is 10.7. The molecule has 0 radical (unpaired) electrons. The molecule has 4 nitrogen and oxygen atoms in total.